The van der Waals surface area contributed by atoms with Gasteiger partial charge in [-0.15, -0.1) is 0 Å². The van der Waals surface area contributed by atoms with E-state index in [1.54, 1.807) is 0 Å². The van der Waals surface area contributed by atoms with Gasteiger partial charge in [0.1, 0.15) is 0 Å². The molecule has 2 spiro atoms. The highest BCUT2D eigenvalue weighted by molar-refractivity contribution is 5.89. The van der Waals surface area contributed by atoms with Crippen molar-refractivity contribution in [1.82, 2.24) is 10.2 Å². The second-order valence-corrected chi connectivity index (χ2v) is 11.1. The van der Waals surface area contributed by atoms with E-state index < -0.39 is 5.97 Å². The van der Waals surface area contributed by atoms with Crippen molar-refractivity contribution < 1.29 is 9.90 Å². The minimum atomic E-state index is -0.696. The predicted octanol–water partition coefficient (Wildman–Crippen LogP) is 3.90. The van der Waals surface area contributed by atoms with Gasteiger partial charge in [-0.05, 0) is 69.7 Å². The maximum Gasteiger partial charge on any atom is 0.331 e. The molecule has 32 heavy (non-hydrogen) atoms. The van der Waals surface area contributed by atoms with Gasteiger partial charge in [-0.1, -0.05) is 37.8 Å². The number of carboxylic acids is 1. The molecule has 2 bridgehead atoms. The zero-order valence-corrected chi connectivity index (χ0v) is 19.8. The molecule has 5 rings (SSSR count). The minimum absolute atomic E-state index is 0.0155. The molecule has 0 saturated heterocycles. The van der Waals surface area contributed by atoms with Crippen LogP contribution in [0.4, 0.5) is 0 Å². The van der Waals surface area contributed by atoms with Crippen molar-refractivity contribution in [1.29, 1.82) is 0 Å². The van der Waals surface area contributed by atoms with E-state index >= 15 is 0 Å². The molecule has 0 radical (unpaired) electrons. The molecule has 3 saturated carbocycles. The Hall–Kier alpha value is -1.82. The van der Waals surface area contributed by atoms with Gasteiger partial charge in [0.05, 0.1) is 6.04 Å². The Balaban J connectivity index is 1.57. The van der Waals surface area contributed by atoms with Gasteiger partial charge >= 0.3 is 5.97 Å². The van der Waals surface area contributed by atoms with Gasteiger partial charge in [-0.25, -0.2) is 9.79 Å². The number of allylic oxidation sites excluding steroid dienone is 1. The summed E-state index contributed by atoms with van der Waals surface area (Å²) in [5, 5.41) is 13.5. The van der Waals surface area contributed by atoms with Gasteiger partial charge in [-0.3, -0.25) is 0 Å². The fourth-order valence-electron chi connectivity index (χ4n) is 8.63. The van der Waals surface area contributed by atoms with Gasteiger partial charge in [0.25, 0.3) is 0 Å². The summed E-state index contributed by atoms with van der Waals surface area (Å²) in [4.78, 5) is 19.4. The molecule has 0 amide bonds. The molecular formula is C26H40N4O2. The number of hydrogen-bond donors (Lipinski definition) is 3. The van der Waals surface area contributed by atoms with Gasteiger partial charge in [0.15, 0.2) is 5.96 Å². The first-order chi connectivity index (χ1) is 15.4. The van der Waals surface area contributed by atoms with Crippen molar-refractivity contribution >= 4 is 11.9 Å². The van der Waals surface area contributed by atoms with Crippen molar-refractivity contribution in [2.75, 3.05) is 20.1 Å². The number of carboxylic acid groups (broad SMARTS) is 1. The number of nitrogens with one attached hydrogen (secondary N) is 1. The second-order valence-electron chi connectivity index (χ2n) is 11.1. The maximum absolute atomic E-state index is 12.2. The summed E-state index contributed by atoms with van der Waals surface area (Å²) >= 11 is 0. The highest BCUT2D eigenvalue weighted by atomic mass is 16.4. The molecule has 6 heteroatoms. The Morgan fingerprint density at radius 3 is 2.78 bits per heavy atom. The number of nitrogens with zero attached hydrogens (tertiary/aromatic N) is 2. The maximum atomic E-state index is 12.2. The average Bonchev–Trinajstić information content (AvgIpc) is 3.23. The van der Waals surface area contributed by atoms with Crippen LogP contribution in [0.25, 0.3) is 0 Å². The SMILES string of the molecule is CNC[C@H]1C=CN(C(N)=NC2CCCCC2)C[C@@]12[C@@H]1CC[C@@H](C)[C@]23CCC(C(=O)O)=C3C1. The molecule has 5 aliphatic rings. The van der Waals surface area contributed by atoms with Crippen LogP contribution in [0.3, 0.4) is 0 Å². The van der Waals surface area contributed by atoms with Crippen LogP contribution in [0.2, 0.25) is 0 Å². The molecule has 1 aliphatic heterocycles. The van der Waals surface area contributed by atoms with E-state index in [4.69, 9.17) is 10.7 Å². The van der Waals surface area contributed by atoms with Gasteiger partial charge in [0, 0.05) is 35.7 Å². The summed E-state index contributed by atoms with van der Waals surface area (Å²) in [6, 6.07) is 0.351. The standard InChI is InChI=1S/C26H40N4O2/c1-17-8-9-18-14-22-21(23(31)32)10-12-25(17,22)26(18)16-30(13-11-19(26)15-28-2)24(27)29-20-6-4-3-5-7-20/h11,13,17-20,28H,3-10,12,14-16H2,1-2H3,(H2,27,29)(H,31,32)/t17-,18-,19-,25+,26-/m1/s1. The molecule has 3 fully saturated rings. The number of aliphatic carboxylic acids is 1. The number of carbonyl (C=O) groups is 1. The van der Waals surface area contributed by atoms with E-state index in [9.17, 15) is 9.90 Å². The molecule has 176 valence electrons. The zero-order valence-electron chi connectivity index (χ0n) is 19.8. The van der Waals surface area contributed by atoms with Crippen LogP contribution in [-0.2, 0) is 4.79 Å². The second kappa shape index (κ2) is 8.19. The number of aliphatic imine (C=N–C) groups is 1. The number of hydrogen-bond acceptors (Lipinski definition) is 3. The van der Waals surface area contributed by atoms with Crippen molar-refractivity contribution in [3.05, 3.63) is 23.4 Å². The Bertz CT molecular complexity index is 858. The first-order valence-corrected chi connectivity index (χ1v) is 12.8. The van der Waals surface area contributed by atoms with Gasteiger partial charge in [0.2, 0.25) is 0 Å². The highest BCUT2D eigenvalue weighted by Gasteiger charge is 2.71. The lowest BCUT2D eigenvalue weighted by molar-refractivity contribution is -0.132. The predicted molar refractivity (Wildman–Crippen MR) is 127 cm³/mol. The summed E-state index contributed by atoms with van der Waals surface area (Å²) < 4.78 is 0. The molecule has 0 aromatic rings. The van der Waals surface area contributed by atoms with E-state index in [0.717, 1.165) is 38.8 Å². The first kappa shape index (κ1) is 22.0. The third-order valence-corrected chi connectivity index (χ3v) is 9.93. The lowest BCUT2D eigenvalue weighted by atomic mass is 9.46. The van der Waals surface area contributed by atoms with Crippen molar-refractivity contribution in [2.45, 2.75) is 77.2 Å². The largest absolute Gasteiger partial charge is 0.478 e. The lowest BCUT2D eigenvalue weighted by Gasteiger charge is -2.60. The average molecular weight is 441 g/mol. The van der Waals surface area contributed by atoms with Crippen LogP contribution < -0.4 is 11.1 Å². The topological polar surface area (TPSA) is 91.0 Å². The molecule has 1 heterocycles. The number of guanidine groups is 1. The summed E-state index contributed by atoms with van der Waals surface area (Å²) in [5.41, 5.74) is 8.63. The van der Waals surface area contributed by atoms with Crippen molar-refractivity contribution in [3.8, 4) is 0 Å². The van der Waals surface area contributed by atoms with Crippen molar-refractivity contribution in [3.63, 3.8) is 0 Å². The fourth-order valence-corrected chi connectivity index (χ4v) is 8.63. The summed E-state index contributed by atoms with van der Waals surface area (Å²) in [7, 11) is 2.03. The van der Waals surface area contributed by atoms with Crippen LogP contribution in [0.5, 0.6) is 0 Å². The van der Waals surface area contributed by atoms with Crippen LogP contribution in [0.1, 0.15) is 71.1 Å². The van der Waals surface area contributed by atoms with Crippen molar-refractivity contribution in [2.24, 2.45) is 39.3 Å². The molecule has 4 aliphatic carbocycles. The van der Waals surface area contributed by atoms with E-state index in [1.165, 1.54) is 37.7 Å². The highest BCUT2D eigenvalue weighted by Crippen LogP contribution is 2.75. The summed E-state index contributed by atoms with van der Waals surface area (Å²) in [5.74, 6) is 1.35. The normalized spacial score (nSPS) is 39.8. The summed E-state index contributed by atoms with van der Waals surface area (Å²) in [6.45, 7) is 4.17. The van der Waals surface area contributed by atoms with Gasteiger partial charge in [-0.2, -0.15) is 0 Å². The smallest absolute Gasteiger partial charge is 0.331 e. The van der Waals surface area contributed by atoms with Crippen LogP contribution in [0, 0.1) is 28.6 Å². The Labute approximate surface area is 192 Å². The van der Waals surface area contributed by atoms with Crippen LogP contribution >= 0.6 is 0 Å². The lowest BCUT2D eigenvalue weighted by Crippen LogP contribution is -2.61. The quantitative estimate of drug-likeness (QED) is 0.456. The Kier molecular flexibility index (Phi) is 5.63. The fraction of sp³-hybridized carbons (Fsp3) is 0.769. The van der Waals surface area contributed by atoms with Crippen LogP contribution in [0.15, 0.2) is 28.4 Å². The molecule has 6 nitrogen and oxygen atoms in total. The first-order valence-electron chi connectivity index (χ1n) is 12.8. The van der Waals surface area contributed by atoms with Crippen LogP contribution in [-0.4, -0.2) is 48.1 Å². The monoisotopic (exact) mass is 440 g/mol. The molecule has 4 N–H and O–H groups in total. The third kappa shape index (κ3) is 3.01. The summed E-state index contributed by atoms with van der Waals surface area (Å²) in [6.07, 6.45) is 15.6. The number of rotatable bonds is 4. The van der Waals surface area contributed by atoms with E-state index in [-0.39, 0.29) is 10.8 Å². The van der Waals surface area contributed by atoms with Gasteiger partial charge < -0.3 is 21.1 Å². The molecule has 5 atom stereocenters. The Morgan fingerprint density at radius 1 is 1.28 bits per heavy atom. The Morgan fingerprint density at radius 2 is 2.06 bits per heavy atom. The molecule has 0 aromatic carbocycles. The molecule has 0 aromatic heterocycles. The number of nitrogens with two attached hydrogens (primary N) is 1. The zero-order chi connectivity index (χ0) is 22.5. The van der Waals surface area contributed by atoms with E-state index in [2.05, 4.69) is 29.4 Å². The molecule has 0 unspecified atom stereocenters. The minimum Gasteiger partial charge on any atom is -0.478 e. The molecular weight excluding hydrogens is 400 g/mol. The van der Waals surface area contributed by atoms with E-state index in [0.29, 0.717) is 41.7 Å². The van der Waals surface area contributed by atoms with E-state index in [1.807, 2.05) is 7.05 Å². The third-order valence-electron chi connectivity index (χ3n) is 9.93.